The molecule has 0 saturated carbocycles. The molecule has 0 aliphatic rings. The standard InChI is InChI=1S/C16H14Cl2INO3/c1-3-20-13(19)8-12(21)14(16(22)23-4-2)15(20)9-5-6-10(17)11(18)7-9/h5-8H,3-4H2,1-2H3. The van der Waals surface area contributed by atoms with Crippen LogP contribution >= 0.6 is 45.8 Å². The van der Waals surface area contributed by atoms with Crippen molar-refractivity contribution in [2.75, 3.05) is 6.61 Å². The van der Waals surface area contributed by atoms with Gasteiger partial charge in [0.15, 0.2) is 5.43 Å². The van der Waals surface area contributed by atoms with E-state index in [-0.39, 0.29) is 17.6 Å². The lowest BCUT2D eigenvalue weighted by Crippen LogP contribution is -2.24. The first kappa shape index (κ1) is 18.3. The van der Waals surface area contributed by atoms with Gasteiger partial charge >= 0.3 is 5.97 Å². The third kappa shape index (κ3) is 3.72. The first-order valence-corrected chi connectivity index (χ1v) is 8.80. The van der Waals surface area contributed by atoms with Gasteiger partial charge < -0.3 is 9.30 Å². The highest BCUT2D eigenvalue weighted by Gasteiger charge is 2.23. The van der Waals surface area contributed by atoms with Crippen molar-refractivity contribution in [2.24, 2.45) is 0 Å². The predicted octanol–water partition coefficient (Wildman–Crippen LogP) is 4.62. The van der Waals surface area contributed by atoms with Gasteiger partial charge in [-0.1, -0.05) is 29.3 Å². The molecule has 0 atom stereocenters. The zero-order chi connectivity index (χ0) is 17.1. The van der Waals surface area contributed by atoms with E-state index in [2.05, 4.69) is 22.6 Å². The highest BCUT2D eigenvalue weighted by Crippen LogP contribution is 2.31. The molecule has 0 saturated heterocycles. The van der Waals surface area contributed by atoms with E-state index in [1.807, 2.05) is 11.5 Å². The highest BCUT2D eigenvalue weighted by atomic mass is 127. The summed E-state index contributed by atoms with van der Waals surface area (Å²) in [4.78, 5) is 24.7. The van der Waals surface area contributed by atoms with Gasteiger partial charge in [0.25, 0.3) is 0 Å². The monoisotopic (exact) mass is 465 g/mol. The Bertz CT molecular complexity index is 818. The SMILES string of the molecule is CCOC(=O)c1c(-c2ccc(Cl)c(Cl)c2)n(CC)c(I)cc1=O. The topological polar surface area (TPSA) is 48.3 Å². The molecule has 1 aromatic heterocycles. The molecule has 4 nitrogen and oxygen atoms in total. The zero-order valence-corrected chi connectivity index (χ0v) is 16.2. The summed E-state index contributed by atoms with van der Waals surface area (Å²) >= 11 is 14.1. The Morgan fingerprint density at radius 1 is 1.22 bits per heavy atom. The van der Waals surface area contributed by atoms with E-state index in [1.165, 1.54) is 6.07 Å². The number of halogens is 3. The van der Waals surface area contributed by atoms with Crippen molar-refractivity contribution in [3.63, 3.8) is 0 Å². The van der Waals surface area contributed by atoms with Gasteiger partial charge in [-0.15, -0.1) is 0 Å². The number of pyridine rings is 1. The van der Waals surface area contributed by atoms with Gasteiger partial charge in [0.2, 0.25) is 0 Å². The summed E-state index contributed by atoms with van der Waals surface area (Å²) in [7, 11) is 0. The molecule has 122 valence electrons. The maximum Gasteiger partial charge on any atom is 0.344 e. The van der Waals surface area contributed by atoms with Crippen molar-refractivity contribution < 1.29 is 9.53 Å². The van der Waals surface area contributed by atoms with E-state index in [1.54, 1.807) is 25.1 Å². The number of aromatic nitrogens is 1. The van der Waals surface area contributed by atoms with Gasteiger partial charge in [0, 0.05) is 18.2 Å². The number of carbonyl (C=O) groups excluding carboxylic acids is 1. The van der Waals surface area contributed by atoms with E-state index in [0.29, 0.717) is 27.8 Å². The van der Waals surface area contributed by atoms with Crippen LogP contribution in [0.2, 0.25) is 10.0 Å². The van der Waals surface area contributed by atoms with Crippen LogP contribution in [0.3, 0.4) is 0 Å². The molecule has 7 heteroatoms. The number of ether oxygens (including phenoxy) is 1. The van der Waals surface area contributed by atoms with Crippen LogP contribution in [-0.4, -0.2) is 17.1 Å². The Labute approximate surface area is 157 Å². The van der Waals surface area contributed by atoms with E-state index < -0.39 is 5.97 Å². The van der Waals surface area contributed by atoms with Crippen LogP contribution in [0, 0.1) is 3.70 Å². The van der Waals surface area contributed by atoms with E-state index in [9.17, 15) is 9.59 Å². The van der Waals surface area contributed by atoms with Crippen molar-refractivity contribution in [2.45, 2.75) is 20.4 Å². The fraction of sp³-hybridized carbons (Fsp3) is 0.250. The Hall–Kier alpha value is -1.05. The molecule has 0 bridgehead atoms. The third-order valence-electron chi connectivity index (χ3n) is 3.25. The van der Waals surface area contributed by atoms with Gasteiger partial charge in [-0.05, 0) is 48.6 Å². The quantitative estimate of drug-likeness (QED) is 0.376. The van der Waals surface area contributed by atoms with Crippen LogP contribution in [0.1, 0.15) is 24.2 Å². The molecule has 0 aliphatic heterocycles. The molecule has 0 amide bonds. The van der Waals surface area contributed by atoms with Crippen LogP contribution in [0.5, 0.6) is 0 Å². The summed E-state index contributed by atoms with van der Waals surface area (Å²) < 4.78 is 7.65. The van der Waals surface area contributed by atoms with E-state index in [4.69, 9.17) is 27.9 Å². The Morgan fingerprint density at radius 2 is 1.91 bits per heavy atom. The Kier molecular flexibility index (Phi) is 6.11. The minimum absolute atomic E-state index is 0.00695. The van der Waals surface area contributed by atoms with Crippen molar-refractivity contribution in [3.8, 4) is 11.3 Å². The molecule has 2 aromatic rings. The lowest BCUT2D eigenvalue weighted by atomic mass is 10.0. The van der Waals surface area contributed by atoms with Gasteiger partial charge in [-0.25, -0.2) is 4.79 Å². The number of rotatable bonds is 4. The van der Waals surface area contributed by atoms with Gasteiger partial charge in [-0.3, -0.25) is 4.79 Å². The average Bonchev–Trinajstić information content (AvgIpc) is 2.49. The lowest BCUT2D eigenvalue weighted by molar-refractivity contribution is 0.0525. The highest BCUT2D eigenvalue weighted by molar-refractivity contribution is 14.1. The molecule has 23 heavy (non-hydrogen) atoms. The van der Waals surface area contributed by atoms with Gasteiger partial charge in [0.05, 0.1) is 26.0 Å². The fourth-order valence-corrected chi connectivity index (χ4v) is 3.43. The fourth-order valence-electron chi connectivity index (χ4n) is 2.27. The molecule has 0 radical (unpaired) electrons. The second kappa shape index (κ2) is 7.68. The number of hydrogen-bond acceptors (Lipinski definition) is 3. The number of hydrogen-bond donors (Lipinski definition) is 0. The molecule has 0 N–H and O–H groups in total. The van der Waals surface area contributed by atoms with Crippen molar-refractivity contribution in [1.82, 2.24) is 4.57 Å². The summed E-state index contributed by atoms with van der Waals surface area (Å²) in [5.74, 6) is -0.642. The lowest BCUT2D eigenvalue weighted by Gasteiger charge is -2.18. The Morgan fingerprint density at radius 3 is 2.48 bits per heavy atom. The molecule has 0 unspecified atom stereocenters. The number of esters is 1. The van der Waals surface area contributed by atoms with Crippen molar-refractivity contribution in [3.05, 3.63) is 53.8 Å². The number of nitrogens with zero attached hydrogens (tertiary/aromatic N) is 1. The van der Waals surface area contributed by atoms with Crippen LogP contribution < -0.4 is 5.43 Å². The summed E-state index contributed by atoms with van der Waals surface area (Å²) in [5.41, 5.74) is 0.757. The smallest absolute Gasteiger partial charge is 0.344 e. The molecule has 0 spiro atoms. The van der Waals surface area contributed by atoms with Crippen molar-refractivity contribution in [1.29, 1.82) is 0 Å². The summed E-state index contributed by atoms with van der Waals surface area (Å²) in [6.07, 6.45) is 0. The maximum absolute atomic E-state index is 12.4. The second-order valence-electron chi connectivity index (χ2n) is 4.65. The molecule has 1 heterocycles. The van der Waals surface area contributed by atoms with Crippen LogP contribution in [-0.2, 0) is 11.3 Å². The molecular formula is C16H14Cl2INO3. The molecule has 0 fully saturated rings. The van der Waals surface area contributed by atoms with Gasteiger partial charge in [-0.2, -0.15) is 0 Å². The molecule has 2 rings (SSSR count). The first-order chi connectivity index (χ1) is 10.9. The van der Waals surface area contributed by atoms with Crippen LogP contribution in [0.15, 0.2) is 29.1 Å². The molecule has 0 aliphatic carbocycles. The number of benzene rings is 1. The predicted molar refractivity (Wildman–Crippen MR) is 101 cm³/mol. The Balaban J connectivity index is 2.84. The summed E-state index contributed by atoms with van der Waals surface area (Å²) in [5, 5.41) is 0.761. The number of carbonyl (C=O) groups is 1. The maximum atomic E-state index is 12.4. The van der Waals surface area contributed by atoms with Crippen molar-refractivity contribution >= 4 is 51.8 Å². The molecule has 1 aromatic carbocycles. The minimum Gasteiger partial charge on any atom is -0.462 e. The van der Waals surface area contributed by atoms with E-state index >= 15 is 0 Å². The first-order valence-electron chi connectivity index (χ1n) is 6.96. The van der Waals surface area contributed by atoms with Gasteiger partial charge in [0.1, 0.15) is 5.56 Å². The van der Waals surface area contributed by atoms with E-state index in [0.717, 1.165) is 3.70 Å². The second-order valence-corrected chi connectivity index (χ2v) is 6.57. The molecular weight excluding hydrogens is 452 g/mol. The normalized spacial score (nSPS) is 10.7. The largest absolute Gasteiger partial charge is 0.462 e. The summed E-state index contributed by atoms with van der Waals surface area (Å²) in [6.45, 7) is 4.40. The van der Waals surface area contributed by atoms with Crippen LogP contribution in [0.25, 0.3) is 11.3 Å². The summed E-state index contributed by atoms with van der Waals surface area (Å²) in [6, 6.07) is 6.44. The van der Waals surface area contributed by atoms with Crippen LogP contribution in [0.4, 0.5) is 0 Å². The zero-order valence-electron chi connectivity index (χ0n) is 12.5. The minimum atomic E-state index is -0.642. The third-order valence-corrected chi connectivity index (χ3v) is 4.88. The average molecular weight is 466 g/mol.